The van der Waals surface area contributed by atoms with Gasteiger partial charge in [0.1, 0.15) is 5.75 Å². The summed E-state index contributed by atoms with van der Waals surface area (Å²) >= 11 is 0. The number of hydrogen-bond donors (Lipinski definition) is 0. The van der Waals surface area contributed by atoms with E-state index in [1.54, 1.807) is 14.2 Å². The smallest absolute Gasteiger partial charge is 0.253 e. The van der Waals surface area contributed by atoms with Gasteiger partial charge in [-0.1, -0.05) is 0 Å². The first kappa shape index (κ1) is 12.9. The molecule has 18 heavy (non-hydrogen) atoms. The predicted molar refractivity (Wildman–Crippen MR) is 68.9 cm³/mol. The SMILES string of the molecule is COc1ccc(C(=O)N2CCC(OC)CC2)cc1. The zero-order valence-corrected chi connectivity index (χ0v) is 10.9. The second-order valence-electron chi connectivity index (χ2n) is 4.46. The molecule has 1 amide bonds. The van der Waals surface area contributed by atoms with Crippen LogP contribution in [-0.4, -0.2) is 44.2 Å². The quantitative estimate of drug-likeness (QED) is 0.822. The molecule has 2 rings (SSSR count). The van der Waals surface area contributed by atoms with Crippen LogP contribution in [0.15, 0.2) is 24.3 Å². The Labute approximate surface area is 107 Å². The lowest BCUT2D eigenvalue weighted by Gasteiger charge is -2.31. The molecule has 0 aliphatic carbocycles. The van der Waals surface area contributed by atoms with E-state index in [1.807, 2.05) is 29.2 Å². The maximum atomic E-state index is 12.2. The molecule has 0 aromatic heterocycles. The summed E-state index contributed by atoms with van der Waals surface area (Å²) < 4.78 is 10.4. The van der Waals surface area contributed by atoms with Crippen molar-refractivity contribution in [3.63, 3.8) is 0 Å². The van der Waals surface area contributed by atoms with Crippen molar-refractivity contribution < 1.29 is 14.3 Å². The summed E-state index contributed by atoms with van der Waals surface area (Å²) in [4.78, 5) is 14.1. The number of rotatable bonds is 3. The number of amides is 1. The Morgan fingerprint density at radius 3 is 2.28 bits per heavy atom. The fraction of sp³-hybridized carbons (Fsp3) is 0.500. The van der Waals surface area contributed by atoms with E-state index in [0.29, 0.717) is 11.7 Å². The molecule has 1 aromatic rings. The van der Waals surface area contributed by atoms with Crippen LogP contribution in [-0.2, 0) is 4.74 Å². The first-order valence-electron chi connectivity index (χ1n) is 6.20. The summed E-state index contributed by atoms with van der Waals surface area (Å²) in [5.41, 5.74) is 0.715. The summed E-state index contributed by atoms with van der Waals surface area (Å²) in [6.07, 6.45) is 2.13. The highest BCUT2D eigenvalue weighted by molar-refractivity contribution is 5.94. The predicted octanol–water partition coefficient (Wildman–Crippen LogP) is 1.95. The lowest BCUT2D eigenvalue weighted by atomic mass is 10.1. The Morgan fingerprint density at radius 2 is 1.78 bits per heavy atom. The maximum Gasteiger partial charge on any atom is 0.253 e. The van der Waals surface area contributed by atoms with Gasteiger partial charge in [-0.05, 0) is 37.1 Å². The maximum absolute atomic E-state index is 12.2. The lowest BCUT2D eigenvalue weighted by molar-refractivity contribution is 0.0351. The highest BCUT2D eigenvalue weighted by Gasteiger charge is 2.23. The largest absolute Gasteiger partial charge is 0.497 e. The van der Waals surface area contributed by atoms with Crippen LogP contribution in [0.3, 0.4) is 0 Å². The van der Waals surface area contributed by atoms with E-state index in [2.05, 4.69) is 0 Å². The summed E-state index contributed by atoms with van der Waals surface area (Å²) in [5.74, 6) is 0.858. The Morgan fingerprint density at radius 1 is 1.17 bits per heavy atom. The van der Waals surface area contributed by atoms with E-state index >= 15 is 0 Å². The second kappa shape index (κ2) is 5.87. The molecule has 4 nitrogen and oxygen atoms in total. The van der Waals surface area contributed by atoms with Crippen molar-refractivity contribution in [3.05, 3.63) is 29.8 Å². The molecule has 98 valence electrons. The Balaban J connectivity index is 1.98. The monoisotopic (exact) mass is 249 g/mol. The third kappa shape index (κ3) is 2.82. The minimum Gasteiger partial charge on any atom is -0.497 e. The molecule has 1 aliphatic heterocycles. The fourth-order valence-electron chi connectivity index (χ4n) is 2.21. The topological polar surface area (TPSA) is 38.8 Å². The molecular formula is C14H19NO3. The molecule has 0 atom stereocenters. The van der Waals surface area contributed by atoms with Gasteiger partial charge in [-0.2, -0.15) is 0 Å². The van der Waals surface area contributed by atoms with E-state index in [4.69, 9.17) is 9.47 Å². The summed E-state index contributed by atoms with van der Waals surface area (Å²) in [6.45, 7) is 1.53. The minimum absolute atomic E-state index is 0.0900. The number of carbonyl (C=O) groups is 1. The van der Waals surface area contributed by atoms with Gasteiger partial charge in [0.2, 0.25) is 0 Å². The Hall–Kier alpha value is -1.55. The minimum atomic E-state index is 0.0900. The number of ether oxygens (including phenoxy) is 2. The van der Waals surface area contributed by atoms with E-state index in [1.165, 1.54) is 0 Å². The molecule has 0 radical (unpaired) electrons. The van der Waals surface area contributed by atoms with Gasteiger partial charge in [0.05, 0.1) is 13.2 Å². The zero-order valence-electron chi connectivity index (χ0n) is 10.9. The Kier molecular flexibility index (Phi) is 4.20. The number of methoxy groups -OCH3 is 2. The van der Waals surface area contributed by atoms with E-state index in [-0.39, 0.29) is 5.91 Å². The third-order valence-corrected chi connectivity index (χ3v) is 3.40. The molecule has 0 saturated carbocycles. The lowest BCUT2D eigenvalue weighted by Crippen LogP contribution is -2.40. The molecule has 1 saturated heterocycles. The second-order valence-corrected chi connectivity index (χ2v) is 4.46. The van der Waals surface area contributed by atoms with Gasteiger partial charge in [-0.15, -0.1) is 0 Å². The van der Waals surface area contributed by atoms with Gasteiger partial charge < -0.3 is 14.4 Å². The van der Waals surface area contributed by atoms with Gasteiger partial charge in [0, 0.05) is 25.8 Å². The van der Waals surface area contributed by atoms with Crippen LogP contribution < -0.4 is 4.74 Å². The molecule has 0 bridgehead atoms. The van der Waals surface area contributed by atoms with E-state index in [0.717, 1.165) is 31.7 Å². The molecule has 0 N–H and O–H groups in total. The standard InChI is InChI=1S/C14H19NO3/c1-17-12-5-3-11(4-6-12)14(16)15-9-7-13(18-2)8-10-15/h3-6,13H,7-10H2,1-2H3. The molecular weight excluding hydrogens is 230 g/mol. The summed E-state index contributed by atoms with van der Waals surface area (Å²) in [7, 11) is 3.35. The van der Waals surface area contributed by atoms with Crippen molar-refractivity contribution in [1.29, 1.82) is 0 Å². The molecule has 1 aliphatic rings. The van der Waals surface area contributed by atoms with Crippen LogP contribution in [0, 0.1) is 0 Å². The highest BCUT2D eigenvalue weighted by atomic mass is 16.5. The fourth-order valence-corrected chi connectivity index (χ4v) is 2.21. The molecule has 1 fully saturated rings. The van der Waals surface area contributed by atoms with E-state index < -0.39 is 0 Å². The van der Waals surface area contributed by atoms with Crippen LogP contribution in [0.25, 0.3) is 0 Å². The normalized spacial score (nSPS) is 16.7. The number of likely N-dealkylation sites (tertiary alicyclic amines) is 1. The van der Waals surface area contributed by atoms with Crippen molar-refractivity contribution >= 4 is 5.91 Å². The average Bonchev–Trinajstić information content (AvgIpc) is 2.47. The molecule has 4 heteroatoms. The van der Waals surface area contributed by atoms with E-state index in [9.17, 15) is 4.79 Å². The van der Waals surface area contributed by atoms with Crippen molar-refractivity contribution in [2.24, 2.45) is 0 Å². The number of nitrogens with zero attached hydrogens (tertiary/aromatic N) is 1. The first-order valence-corrected chi connectivity index (χ1v) is 6.20. The van der Waals surface area contributed by atoms with Crippen molar-refractivity contribution in [1.82, 2.24) is 4.90 Å². The molecule has 1 heterocycles. The van der Waals surface area contributed by atoms with Crippen molar-refractivity contribution in [2.45, 2.75) is 18.9 Å². The van der Waals surface area contributed by atoms with Crippen LogP contribution in [0.1, 0.15) is 23.2 Å². The number of piperidine rings is 1. The van der Waals surface area contributed by atoms with Crippen molar-refractivity contribution in [3.8, 4) is 5.75 Å². The number of hydrogen-bond acceptors (Lipinski definition) is 3. The highest BCUT2D eigenvalue weighted by Crippen LogP contribution is 2.17. The van der Waals surface area contributed by atoms with Crippen molar-refractivity contribution in [2.75, 3.05) is 27.3 Å². The van der Waals surface area contributed by atoms with Gasteiger partial charge in [0.25, 0.3) is 5.91 Å². The molecule has 1 aromatic carbocycles. The van der Waals surface area contributed by atoms with Gasteiger partial charge in [-0.3, -0.25) is 4.79 Å². The first-order chi connectivity index (χ1) is 8.74. The summed E-state index contributed by atoms with van der Waals surface area (Å²) in [5, 5.41) is 0. The summed E-state index contributed by atoms with van der Waals surface area (Å²) in [6, 6.07) is 7.25. The van der Waals surface area contributed by atoms with Gasteiger partial charge >= 0.3 is 0 Å². The Bertz CT molecular complexity index is 394. The zero-order chi connectivity index (χ0) is 13.0. The van der Waals surface area contributed by atoms with Gasteiger partial charge in [-0.25, -0.2) is 0 Å². The van der Waals surface area contributed by atoms with Crippen LogP contribution in [0.4, 0.5) is 0 Å². The van der Waals surface area contributed by atoms with Gasteiger partial charge in [0.15, 0.2) is 0 Å². The van der Waals surface area contributed by atoms with Crippen LogP contribution >= 0.6 is 0 Å². The molecule has 0 spiro atoms. The molecule has 0 unspecified atom stereocenters. The number of carbonyl (C=O) groups excluding carboxylic acids is 1. The van der Waals surface area contributed by atoms with Crippen LogP contribution in [0.2, 0.25) is 0 Å². The number of benzene rings is 1. The third-order valence-electron chi connectivity index (χ3n) is 3.40. The van der Waals surface area contributed by atoms with Crippen LogP contribution in [0.5, 0.6) is 5.75 Å². The average molecular weight is 249 g/mol.